The van der Waals surface area contributed by atoms with Gasteiger partial charge in [-0.25, -0.2) is 4.98 Å². The first kappa shape index (κ1) is 14.5. The van der Waals surface area contributed by atoms with Crippen LogP contribution < -0.4 is 9.80 Å². The van der Waals surface area contributed by atoms with Crippen LogP contribution >= 0.6 is 0 Å². The van der Waals surface area contributed by atoms with E-state index in [2.05, 4.69) is 21.7 Å². The minimum absolute atomic E-state index is 0.490. The van der Waals surface area contributed by atoms with Crippen LogP contribution in [0.2, 0.25) is 0 Å². The maximum Gasteiger partial charge on any atom is 0.227 e. The molecule has 21 heavy (non-hydrogen) atoms. The molecule has 0 radical (unpaired) electrons. The van der Waals surface area contributed by atoms with E-state index in [4.69, 9.17) is 9.72 Å². The van der Waals surface area contributed by atoms with E-state index in [0.29, 0.717) is 0 Å². The Hall–Kier alpha value is -1.40. The normalized spacial score (nSPS) is 22.4. The third-order valence-electron chi connectivity index (χ3n) is 4.60. The van der Waals surface area contributed by atoms with Crippen molar-refractivity contribution in [2.75, 3.05) is 49.2 Å². The fourth-order valence-corrected chi connectivity index (χ4v) is 2.94. The molecule has 6 nitrogen and oxygen atoms in total. The lowest BCUT2D eigenvalue weighted by Crippen LogP contribution is -2.44. The van der Waals surface area contributed by atoms with Crippen molar-refractivity contribution in [2.24, 2.45) is 0 Å². The van der Waals surface area contributed by atoms with Crippen LogP contribution in [0.15, 0.2) is 12.3 Å². The SMILES string of the molecule is CCC1(O)CCN(c2ccnc(N3CCOCC3)n2)CC1. The zero-order chi connectivity index (χ0) is 14.7. The van der Waals surface area contributed by atoms with Gasteiger partial charge in [-0.05, 0) is 25.3 Å². The standard InChI is InChI=1S/C15H24N4O2/c1-2-15(20)4-7-18(8-5-15)13-3-6-16-14(17-13)19-9-11-21-12-10-19/h3,6,20H,2,4-5,7-12H2,1H3. The van der Waals surface area contributed by atoms with Gasteiger partial charge in [-0.3, -0.25) is 0 Å². The number of hydrogen-bond donors (Lipinski definition) is 1. The molecule has 6 heteroatoms. The van der Waals surface area contributed by atoms with Crippen molar-refractivity contribution >= 4 is 11.8 Å². The molecule has 1 aromatic rings. The van der Waals surface area contributed by atoms with Crippen LogP contribution in [0.4, 0.5) is 11.8 Å². The second-order valence-corrected chi connectivity index (χ2v) is 5.88. The largest absolute Gasteiger partial charge is 0.390 e. The summed E-state index contributed by atoms with van der Waals surface area (Å²) in [5, 5.41) is 10.3. The van der Waals surface area contributed by atoms with Gasteiger partial charge in [-0.1, -0.05) is 6.92 Å². The first-order valence-corrected chi connectivity index (χ1v) is 7.83. The summed E-state index contributed by atoms with van der Waals surface area (Å²) in [6, 6.07) is 1.96. The lowest BCUT2D eigenvalue weighted by molar-refractivity contribution is 0.0125. The van der Waals surface area contributed by atoms with Gasteiger partial charge in [0.15, 0.2) is 0 Å². The van der Waals surface area contributed by atoms with Crippen LogP contribution in [0.5, 0.6) is 0 Å². The van der Waals surface area contributed by atoms with Crippen molar-refractivity contribution in [3.8, 4) is 0 Å². The monoisotopic (exact) mass is 292 g/mol. The second kappa shape index (κ2) is 6.15. The molecule has 1 aromatic heterocycles. The predicted molar refractivity (Wildman–Crippen MR) is 81.8 cm³/mol. The van der Waals surface area contributed by atoms with Gasteiger partial charge in [0, 0.05) is 32.4 Å². The molecule has 0 spiro atoms. The van der Waals surface area contributed by atoms with Crippen LogP contribution in [0, 0.1) is 0 Å². The summed E-state index contributed by atoms with van der Waals surface area (Å²) in [7, 11) is 0. The number of hydrogen-bond acceptors (Lipinski definition) is 6. The van der Waals surface area contributed by atoms with Crippen molar-refractivity contribution in [1.82, 2.24) is 9.97 Å². The minimum atomic E-state index is -0.490. The molecule has 0 amide bonds. The smallest absolute Gasteiger partial charge is 0.227 e. The topological polar surface area (TPSA) is 61.7 Å². The molecule has 0 saturated carbocycles. The van der Waals surface area contributed by atoms with Crippen LogP contribution in [-0.4, -0.2) is 60.1 Å². The lowest BCUT2D eigenvalue weighted by Gasteiger charge is -2.38. The van der Waals surface area contributed by atoms with Gasteiger partial charge >= 0.3 is 0 Å². The number of piperidine rings is 1. The highest BCUT2D eigenvalue weighted by atomic mass is 16.5. The highest BCUT2D eigenvalue weighted by molar-refractivity contribution is 5.44. The number of morpholine rings is 1. The van der Waals surface area contributed by atoms with E-state index in [1.807, 2.05) is 12.3 Å². The molecular formula is C15H24N4O2. The van der Waals surface area contributed by atoms with Gasteiger partial charge in [-0.2, -0.15) is 4.98 Å². The summed E-state index contributed by atoms with van der Waals surface area (Å²) >= 11 is 0. The minimum Gasteiger partial charge on any atom is -0.390 e. The predicted octanol–water partition coefficient (Wildman–Crippen LogP) is 1.05. The Morgan fingerprint density at radius 3 is 2.57 bits per heavy atom. The Bertz CT molecular complexity index is 468. The molecule has 0 bridgehead atoms. The second-order valence-electron chi connectivity index (χ2n) is 5.88. The van der Waals surface area contributed by atoms with E-state index in [1.54, 1.807) is 0 Å². The summed E-state index contributed by atoms with van der Waals surface area (Å²) in [6.45, 7) is 6.92. The number of ether oxygens (including phenoxy) is 1. The van der Waals surface area contributed by atoms with Gasteiger partial charge in [0.2, 0.25) is 5.95 Å². The molecule has 3 rings (SSSR count). The molecule has 2 fully saturated rings. The van der Waals surface area contributed by atoms with Crippen LogP contribution in [0.3, 0.4) is 0 Å². The number of rotatable bonds is 3. The average Bonchev–Trinajstić information content (AvgIpc) is 2.56. The molecule has 3 heterocycles. The molecule has 0 unspecified atom stereocenters. The Balaban J connectivity index is 1.69. The highest BCUT2D eigenvalue weighted by Gasteiger charge is 2.31. The quantitative estimate of drug-likeness (QED) is 0.898. The Morgan fingerprint density at radius 1 is 1.19 bits per heavy atom. The number of aliphatic hydroxyl groups is 1. The summed E-state index contributed by atoms with van der Waals surface area (Å²) in [6.07, 6.45) is 4.26. The van der Waals surface area contributed by atoms with E-state index in [1.165, 1.54) is 0 Å². The lowest BCUT2D eigenvalue weighted by atomic mass is 9.89. The van der Waals surface area contributed by atoms with E-state index >= 15 is 0 Å². The summed E-state index contributed by atoms with van der Waals surface area (Å²) in [5.74, 6) is 1.75. The molecule has 2 saturated heterocycles. The van der Waals surface area contributed by atoms with Gasteiger partial charge in [0.05, 0.1) is 18.8 Å². The molecule has 1 N–H and O–H groups in total. The number of anilines is 2. The Labute approximate surface area is 125 Å². The first-order chi connectivity index (χ1) is 10.2. The summed E-state index contributed by atoms with van der Waals surface area (Å²) in [4.78, 5) is 13.5. The van der Waals surface area contributed by atoms with E-state index < -0.39 is 5.60 Å². The van der Waals surface area contributed by atoms with Gasteiger partial charge in [-0.15, -0.1) is 0 Å². The molecule has 0 atom stereocenters. The zero-order valence-corrected chi connectivity index (χ0v) is 12.7. The van der Waals surface area contributed by atoms with E-state index in [9.17, 15) is 5.11 Å². The van der Waals surface area contributed by atoms with E-state index in [-0.39, 0.29) is 0 Å². The summed E-state index contributed by atoms with van der Waals surface area (Å²) in [5.41, 5.74) is -0.490. The third-order valence-corrected chi connectivity index (χ3v) is 4.60. The first-order valence-electron chi connectivity index (χ1n) is 7.83. The highest BCUT2D eigenvalue weighted by Crippen LogP contribution is 2.28. The van der Waals surface area contributed by atoms with Crippen LogP contribution in [0.1, 0.15) is 26.2 Å². The number of aromatic nitrogens is 2. The van der Waals surface area contributed by atoms with Crippen LogP contribution in [0.25, 0.3) is 0 Å². The average molecular weight is 292 g/mol. The molecular weight excluding hydrogens is 268 g/mol. The fraction of sp³-hybridized carbons (Fsp3) is 0.733. The third kappa shape index (κ3) is 3.27. The van der Waals surface area contributed by atoms with Gasteiger partial charge < -0.3 is 19.6 Å². The molecule has 0 aliphatic carbocycles. The Kier molecular flexibility index (Phi) is 4.26. The van der Waals surface area contributed by atoms with Crippen molar-refractivity contribution in [3.63, 3.8) is 0 Å². The maximum atomic E-state index is 10.3. The van der Waals surface area contributed by atoms with Crippen molar-refractivity contribution in [2.45, 2.75) is 31.8 Å². The molecule has 116 valence electrons. The fourth-order valence-electron chi connectivity index (χ4n) is 2.94. The molecule has 2 aliphatic heterocycles. The molecule has 0 aromatic carbocycles. The summed E-state index contributed by atoms with van der Waals surface area (Å²) < 4.78 is 5.37. The van der Waals surface area contributed by atoms with Crippen molar-refractivity contribution in [3.05, 3.63) is 12.3 Å². The van der Waals surface area contributed by atoms with Gasteiger partial charge in [0.1, 0.15) is 5.82 Å². The zero-order valence-electron chi connectivity index (χ0n) is 12.7. The Morgan fingerprint density at radius 2 is 1.90 bits per heavy atom. The van der Waals surface area contributed by atoms with Crippen LogP contribution in [-0.2, 0) is 4.74 Å². The molecule has 2 aliphatic rings. The van der Waals surface area contributed by atoms with Gasteiger partial charge in [0.25, 0.3) is 0 Å². The van der Waals surface area contributed by atoms with E-state index in [0.717, 1.165) is 70.4 Å². The maximum absolute atomic E-state index is 10.3. The van der Waals surface area contributed by atoms with Crippen molar-refractivity contribution in [1.29, 1.82) is 0 Å². The number of nitrogens with zero attached hydrogens (tertiary/aromatic N) is 4. The van der Waals surface area contributed by atoms with Crippen molar-refractivity contribution < 1.29 is 9.84 Å².